The van der Waals surface area contributed by atoms with Crippen LogP contribution in [0, 0.1) is 0 Å². The lowest BCUT2D eigenvalue weighted by atomic mass is 9.83. The summed E-state index contributed by atoms with van der Waals surface area (Å²) < 4.78 is 41.1. The number of hydrogen-bond acceptors (Lipinski definition) is 6. The van der Waals surface area contributed by atoms with Crippen molar-refractivity contribution in [3.05, 3.63) is 53.7 Å². The zero-order chi connectivity index (χ0) is 23.2. The van der Waals surface area contributed by atoms with Gasteiger partial charge in [-0.15, -0.1) is 10.2 Å². The number of aliphatic hydroxyl groups excluding tert-OH is 1. The molecular formula is C22H21F3N6O2. The van der Waals surface area contributed by atoms with E-state index in [1.165, 1.54) is 0 Å². The molecule has 172 valence electrons. The number of nitrogens with zero attached hydrogens (tertiary/aromatic N) is 4. The predicted molar refractivity (Wildman–Crippen MR) is 114 cm³/mol. The van der Waals surface area contributed by atoms with Crippen LogP contribution in [-0.4, -0.2) is 56.8 Å². The topological polar surface area (TPSA) is 107 Å². The third-order valence-corrected chi connectivity index (χ3v) is 6.27. The van der Waals surface area contributed by atoms with E-state index in [2.05, 4.69) is 25.7 Å². The highest BCUT2D eigenvalue weighted by atomic mass is 19.4. The lowest BCUT2D eigenvalue weighted by Gasteiger charge is -2.34. The molecule has 1 amide bonds. The Hall–Kier alpha value is -3.47. The molecule has 3 aromatic rings. The number of amides is 1. The van der Waals surface area contributed by atoms with E-state index in [1.54, 1.807) is 0 Å². The number of carbonyl (C=O) groups excluding carboxylic acids is 1. The van der Waals surface area contributed by atoms with Gasteiger partial charge < -0.3 is 15.3 Å². The molecule has 2 aliphatic rings. The van der Waals surface area contributed by atoms with Gasteiger partial charge in [-0.05, 0) is 25.0 Å². The van der Waals surface area contributed by atoms with Crippen LogP contribution in [0.1, 0.15) is 35.9 Å². The molecule has 4 heterocycles. The van der Waals surface area contributed by atoms with Crippen molar-refractivity contribution >= 4 is 17.5 Å². The van der Waals surface area contributed by atoms with E-state index in [4.69, 9.17) is 0 Å². The third kappa shape index (κ3) is 3.92. The monoisotopic (exact) mass is 458 g/mol. The maximum atomic E-state index is 13.7. The zero-order valence-electron chi connectivity index (χ0n) is 17.4. The third-order valence-electron chi connectivity index (χ3n) is 6.27. The summed E-state index contributed by atoms with van der Waals surface area (Å²) in [4.78, 5) is 13.8. The number of carbonyl (C=O) groups is 1. The molecule has 0 spiro atoms. The summed E-state index contributed by atoms with van der Waals surface area (Å²) in [6.45, 7) is 1.15. The van der Waals surface area contributed by atoms with Crippen molar-refractivity contribution in [2.45, 2.75) is 37.0 Å². The maximum absolute atomic E-state index is 13.7. The number of benzene rings is 1. The number of aromatic nitrogens is 4. The number of hydrogen-bond donors (Lipinski definition) is 3. The summed E-state index contributed by atoms with van der Waals surface area (Å²) in [5.41, 5.74) is 1.88. The van der Waals surface area contributed by atoms with Gasteiger partial charge >= 0.3 is 6.18 Å². The fraction of sp³-hybridized carbons (Fsp3) is 0.364. The Morgan fingerprint density at radius 1 is 1.03 bits per heavy atom. The molecule has 0 saturated carbocycles. The van der Waals surface area contributed by atoms with Crippen molar-refractivity contribution in [3.63, 3.8) is 0 Å². The van der Waals surface area contributed by atoms with Crippen LogP contribution >= 0.6 is 0 Å². The Labute approximate surface area is 186 Å². The van der Waals surface area contributed by atoms with Crippen LogP contribution in [0.15, 0.2) is 42.5 Å². The summed E-state index contributed by atoms with van der Waals surface area (Å²) in [7, 11) is 0. The first-order chi connectivity index (χ1) is 15.8. The molecule has 1 fully saturated rings. The van der Waals surface area contributed by atoms with E-state index in [0.29, 0.717) is 37.4 Å². The van der Waals surface area contributed by atoms with Crippen LogP contribution in [0.4, 0.5) is 24.8 Å². The number of fused-ring (bicyclic) bond motifs is 1. The number of rotatable bonds is 3. The fourth-order valence-electron chi connectivity index (χ4n) is 4.58. The Bertz CT molecular complexity index is 1140. The SMILES string of the molecule is O=C1Nc2n[nH]c(C3CCN(c4ccc(-c5ccccc5)nn4)CC3)c2[C@@H](C(F)(F)F)[C@H]1O. The highest BCUT2D eigenvalue weighted by Gasteiger charge is 2.53. The molecule has 2 aliphatic heterocycles. The van der Waals surface area contributed by atoms with E-state index in [1.807, 2.05) is 47.4 Å². The van der Waals surface area contributed by atoms with Gasteiger partial charge in [0, 0.05) is 35.8 Å². The minimum atomic E-state index is -4.78. The van der Waals surface area contributed by atoms with Gasteiger partial charge in [0.2, 0.25) is 0 Å². The van der Waals surface area contributed by atoms with Gasteiger partial charge in [0.1, 0.15) is 12.0 Å². The molecule has 1 aromatic carbocycles. The molecule has 0 unspecified atom stereocenters. The molecule has 2 aromatic heterocycles. The van der Waals surface area contributed by atoms with Crippen LogP contribution in [-0.2, 0) is 4.79 Å². The quantitative estimate of drug-likeness (QED) is 0.557. The molecule has 33 heavy (non-hydrogen) atoms. The molecule has 8 nitrogen and oxygen atoms in total. The van der Waals surface area contributed by atoms with Gasteiger partial charge in [0.05, 0.1) is 5.69 Å². The highest BCUT2D eigenvalue weighted by Crippen LogP contribution is 2.47. The second-order valence-electron chi connectivity index (χ2n) is 8.26. The molecule has 5 rings (SSSR count). The summed E-state index contributed by atoms with van der Waals surface area (Å²) >= 11 is 0. The number of anilines is 2. The van der Waals surface area contributed by atoms with Crippen molar-refractivity contribution in [2.75, 3.05) is 23.3 Å². The number of aliphatic hydroxyl groups is 1. The molecule has 11 heteroatoms. The van der Waals surface area contributed by atoms with Crippen LogP contribution in [0.25, 0.3) is 11.3 Å². The largest absolute Gasteiger partial charge is 0.398 e. The maximum Gasteiger partial charge on any atom is 0.398 e. The van der Waals surface area contributed by atoms with Crippen LogP contribution < -0.4 is 10.2 Å². The molecule has 0 radical (unpaired) electrons. The second-order valence-corrected chi connectivity index (χ2v) is 8.26. The number of halogens is 3. The first-order valence-corrected chi connectivity index (χ1v) is 10.6. The molecule has 2 atom stereocenters. The minimum Gasteiger partial charge on any atom is -0.382 e. The molecule has 1 saturated heterocycles. The van der Waals surface area contributed by atoms with Gasteiger partial charge in [-0.1, -0.05) is 30.3 Å². The fourth-order valence-corrected chi connectivity index (χ4v) is 4.58. The van der Waals surface area contributed by atoms with E-state index in [0.717, 1.165) is 11.3 Å². The Kier molecular flexibility index (Phi) is 5.28. The van der Waals surface area contributed by atoms with Crippen molar-refractivity contribution < 1.29 is 23.1 Å². The Balaban J connectivity index is 1.32. The van der Waals surface area contributed by atoms with Gasteiger partial charge in [0.25, 0.3) is 5.91 Å². The summed E-state index contributed by atoms with van der Waals surface area (Å²) in [5, 5.41) is 27.4. The highest BCUT2D eigenvalue weighted by molar-refractivity contribution is 5.97. The zero-order valence-corrected chi connectivity index (χ0v) is 17.4. The lowest BCUT2D eigenvalue weighted by Crippen LogP contribution is -2.44. The van der Waals surface area contributed by atoms with E-state index >= 15 is 0 Å². The van der Waals surface area contributed by atoms with Gasteiger partial charge in [0.15, 0.2) is 11.6 Å². The molecule has 3 N–H and O–H groups in total. The van der Waals surface area contributed by atoms with Crippen molar-refractivity contribution in [2.24, 2.45) is 0 Å². The van der Waals surface area contributed by atoms with Gasteiger partial charge in [-0.3, -0.25) is 9.89 Å². The summed E-state index contributed by atoms with van der Waals surface area (Å²) in [6, 6.07) is 13.5. The predicted octanol–water partition coefficient (Wildman–Crippen LogP) is 3.21. The average molecular weight is 458 g/mol. The minimum absolute atomic E-state index is 0.160. The first-order valence-electron chi connectivity index (χ1n) is 10.6. The summed E-state index contributed by atoms with van der Waals surface area (Å²) in [5.74, 6) is -3.08. The first kappa shape index (κ1) is 21.4. The Morgan fingerprint density at radius 3 is 2.39 bits per heavy atom. The van der Waals surface area contributed by atoms with Crippen LogP contribution in [0.3, 0.4) is 0 Å². The van der Waals surface area contributed by atoms with Crippen molar-refractivity contribution in [3.8, 4) is 11.3 Å². The summed E-state index contributed by atoms with van der Waals surface area (Å²) in [6.07, 6.45) is -5.86. The van der Waals surface area contributed by atoms with E-state index in [9.17, 15) is 23.1 Å². The standard InChI is InChI=1S/C22H21F3N6O2/c23-22(24,25)17-16-18(29-30-20(16)26-21(33)19(17)32)13-8-10-31(11-9-13)15-7-6-14(27-28-15)12-4-2-1-3-5-12/h1-7,13,17,19,32H,8-11H2,(H2,26,29,30,33)/t17-,19-/m1/s1. The number of alkyl halides is 3. The van der Waals surface area contributed by atoms with Crippen LogP contribution in [0.5, 0.6) is 0 Å². The molecule has 0 bridgehead atoms. The molecule has 0 aliphatic carbocycles. The second kappa shape index (κ2) is 8.14. The van der Waals surface area contributed by atoms with Gasteiger partial charge in [-0.2, -0.15) is 18.3 Å². The Morgan fingerprint density at radius 2 is 1.76 bits per heavy atom. The normalized spacial score (nSPS) is 21.6. The number of aromatic amines is 1. The average Bonchev–Trinajstić information content (AvgIpc) is 3.22. The molecular weight excluding hydrogens is 437 g/mol. The smallest absolute Gasteiger partial charge is 0.382 e. The van der Waals surface area contributed by atoms with Crippen molar-refractivity contribution in [1.29, 1.82) is 0 Å². The van der Waals surface area contributed by atoms with E-state index < -0.39 is 24.1 Å². The number of piperidine rings is 1. The number of nitrogens with one attached hydrogen (secondary N) is 2. The van der Waals surface area contributed by atoms with Gasteiger partial charge in [-0.25, -0.2) is 0 Å². The lowest BCUT2D eigenvalue weighted by molar-refractivity contribution is -0.177. The van der Waals surface area contributed by atoms with E-state index in [-0.39, 0.29) is 17.3 Å². The van der Waals surface area contributed by atoms with Crippen molar-refractivity contribution in [1.82, 2.24) is 20.4 Å². The van der Waals surface area contributed by atoms with Crippen LogP contribution in [0.2, 0.25) is 0 Å². The number of H-pyrrole nitrogens is 1.